The minimum Gasteiger partial charge on any atom is -0.475 e. The molecule has 1 aromatic heterocycles. The summed E-state index contributed by atoms with van der Waals surface area (Å²) in [5.74, 6) is -1.14. The maximum Gasteiger partial charge on any atom is 0.280 e. The minimum atomic E-state index is -0.777. The Hall–Kier alpha value is -3.64. The van der Waals surface area contributed by atoms with Crippen molar-refractivity contribution in [1.82, 2.24) is 20.6 Å². The zero-order valence-corrected chi connectivity index (χ0v) is 18.0. The number of primary amides is 1. The number of nitrogen functional groups attached to an aromatic ring is 2. The molecule has 0 aliphatic rings. The molecule has 0 spiro atoms. The smallest absolute Gasteiger partial charge is 0.280 e. The van der Waals surface area contributed by atoms with E-state index in [1.54, 1.807) is 12.1 Å². The van der Waals surface area contributed by atoms with Gasteiger partial charge in [0.05, 0.1) is 6.42 Å². The van der Waals surface area contributed by atoms with Crippen molar-refractivity contribution in [2.75, 3.05) is 18.0 Å². The van der Waals surface area contributed by atoms with Crippen LogP contribution in [-0.4, -0.2) is 40.5 Å². The van der Waals surface area contributed by atoms with Crippen LogP contribution in [0.3, 0.4) is 0 Å². The van der Waals surface area contributed by atoms with Crippen LogP contribution in [0.5, 0.6) is 5.75 Å². The lowest BCUT2D eigenvalue weighted by atomic mass is 10.1. The summed E-state index contributed by atoms with van der Waals surface area (Å²) >= 11 is 5.75. The van der Waals surface area contributed by atoms with E-state index in [9.17, 15) is 9.59 Å². The Labute approximate surface area is 189 Å². The highest BCUT2D eigenvalue weighted by Gasteiger charge is 2.17. The number of carbonyl (C=O) groups is 2. The molecule has 13 heteroatoms. The number of nitrogens with two attached hydrogens (primary N) is 4. The number of nitrogens with zero attached hydrogens (tertiary/aromatic N) is 2. The summed E-state index contributed by atoms with van der Waals surface area (Å²) in [5, 5.41) is 12.8. The fraction of sp³-hybridized carbons (Fsp3) is 0.316. The highest BCUT2D eigenvalue weighted by atomic mass is 35.5. The molecule has 32 heavy (non-hydrogen) atoms. The van der Waals surface area contributed by atoms with Crippen molar-refractivity contribution in [3.63, 3.8) is 0 Å². The Morgan fingerprint density at radius 2 is 1.81 bits per heavy atom. The second-order valence-electron chi connectivity index (χ2n) is 6.82. The van der Waals surface area contributed by atoms with E-state index < -0.39 is 18.0 Å². The maximum absolute atomic E-state index is 12.1. The second kappa shape index (κ2) is 11.7. The minimum absolute atomic E-state index is 0.0568. The van der Waals surface area contributed by atoms with E-state index in [1.165, 1.54) is 0 Å². The largest absolute Gasteiger partial charge is 0.475 e. The van der Waals surface area contributed by atoms with Gasteiger partial charge in [0, 0.05) is 6.54 Å². The molecule has 0 aliphatic heterocycles. The Kier molecular flexibility index (Phi) is 8.98. The number of aromatic nitrogens is 2. The molecule has 1 aromatic carbocycles. The van der Waals surface area contributed by atoms with Crippen LogP contribution in [0.25, 0.3) is 0 Å². The quantitative estimate of drug-likeness (QED) is 0.110. The highest BCUT2D eigenvalue weighted by Crippen LogP contribution is 2.17. The monoisotopic (exact) mass is 463 g/mol. The number of rotatable bonds is 10. The summed E-state index contributed by atoms with van der Waals surface area (Å²) < 4.78 is 5.41. The predicted octanol–water partition coefficient (Wildman–Crippen LogP) is 0.110. The molecule has 1 heterocycles. The van der Waals surface area contributed by atoms with Crippen LogP contribution in [0.4, 0.5) is 11.6 Å². The summed E-state index contributed by atoms with van der Waals surface area (Å²) in [5.41, 5.74) is 22.7. The van der Waals surface area contributed by atoms with Gasteiger partial charge in [-0.2, -0.15) is 0 Å². The summed E-state index contributed by atoms with van der Waals surface area (Å²) in [7, 11) is 0. The molecule has 11 N–H and O–H groups in total. The average Bonchev–Trinajstić information content (AvgIpc) is 2.71. The highest BCUT2D eigenvalue weighted by molar-refractivity contribution is 6.31. The number of amides is 2. The SMILES string of the molecule is N=C(NCCCCc1ccc(O[C@@H](N)CC(N)=O)cc1)NC(=O)c1nc(Cl)c(N)nc1N. The summed E-state index contributed by atoms with van der Waals surface area (Å²) in [6.45, 7) is 0.478. The van der Waals surface area contributed by atoms with Crippen molar-refractivity contribution in [3.8, 4) is 5.75 Å². The molecule has 0 bridgehead atoms. The van der Waals surface area contributed by atoms with Crippen LogP contribution in [0.1, 0.15) is 35.3 Å². The molecule has 0 unspecified atom stereocenters. The Morgan fingerprint density at radius 3 is 2.47 bits per heavy atom. The van der Waals surface area contributed by atoms with Crippen molar-refractivity contribution < 1.29 is 14.3 Å². The van der Waals surface area contributed by atoms with E-state index in [2.05, 4.69) is 20.6 Å². The van der Waals surface area contributed by atoms with Crippen LogP contribution < -0.4 is 38.3 Å². The van der Waals surface area contributed by atoms with Gasteiger partial charge in [-0.15, -0.1) is 0 Å². The van der Waals surface area contributed by atoms with Crippen molar-refractivity contribution >= 4 is 41.0 Å². The van der Waals surface area contributed by atoms with Gasteiger partial charge in [-0.3, -0.25) is 26.0 Å². The number of carbonyl (C=O) groups excluding carboxylic acids is 2. The first kappa shape index (κ1) is 24.6. The molecule has 2 amide bonds. The van der Waals surface area contributed by atoms with Gasteiger partial charge < -0.3 is 27.3 Å². The van der Waals surface area contributed by atoms with E-state index in [-0.39, 0.29) is 34.9 Å². The fourth-order valence-corrected chi connectivity index (χ4v) is 2.77. The molecule has 0 fully saturated rings. The summed E-state index contributed by atoms with van der Waals surface area (Å²) in [6.07, 6.45) is 1.59. The lowest BCUT2D eigenvalue weighted by Crippen LogP contribution is -2.41. The Morgan fingerprint density at radius 1 is 1.12 bits per heavy atom. The van der Waals surface area contributed by atoms with E-state index in [0.717, 1.165) is 24.8 Å². The zero-order chi connectivity index (χ0) is 23.7. The number of anilines is 2. The van der Waals surface area contributed by atoms with Crippen LogP contribution in [0.15, 0.2) is 24.3 Å². The number of unbranched alkanes of at least 4 members (excludes halogenated alkanes) is 1. The summed E-state index contributed by atoms with van der Waals surface area (Å²) in [4.78, 5) is 30.5. The molecule has 12 nitrogen and oxygen atoms in total. The molecule has 0 saturated carbocycles. The first-order valence-corrected chi connectivity index (χ1v) is 10.0. The average molecular weight is 464 g/mol. The van der Waals surface area contributed by atoms with Crippen molar-refractivity contribution in [3.05, 3.63) is 40.7 Å². The normalized spacial score (nSPS) is 11.4. The third-order valence-corrected chi connectivity index (χ3v) is 4.44. The Balaban J connectivity index is 1.68. The maximum atomic E-state index is 12.1. The number of ether oxygens (including phenoxy) is 1. The molecule has 2 rings (SSSR count). The lowest BCUT2D eigenvalue weighted by Gasteiger charge is -2.13. The van der Waals surface area contributed by atoms with Gasteiger partial charge in [0.2, 0.25) is 5.91 Å². The van der Waals surface area contributed by atoms with Gasteiger partial charge >= 0.3 is 0 Å². The number of hydrogen-bond acceptors (Lipinski definition) is 9. The predicted molar refractivity (Wildman–Crippen MR) is 121 cm³/mol. The van der Waals surface area contributed by atoms with Gasteiger partial charge in [0.25, 0.3) is 5.91 Å². The molecular weight excluding hydrogens is 438 g/mol. The number of benzene rings is 1. The van der Waals surface area contributed by atoms with Crippen molar-refractivity contribution in [2.24, 2.45) is 11.5 Å². The van der Waals surface area contributed by atoms with Gasteiger partial charge in [-0.25, -0.2) is 9.97 Å². The fourth-order valence-electron chi connectivity index (χ4n) is 2.64. The van der Waals surface area contributed by atoms with Crippen LogP contribution in [0.2, 0.25) is 5.15 Å². The molecule has 0 aliphatic carbocycles. The second-order valence-corrected chi connectivity index (χ2v) is 7.18. The number of hydrogen-bond donors (Lipinski definition) is 7. The third-order valence-electron chi connectivity index (χ3n) is 4.17. The zero-order valence-electron chi connectivity index (χ0n) is 17.2. The van der Waals surface area contributed by atoms with Crippen LogP contribution in [-0.2, 0) is 11.2 Å². The summed E-state index contributed by atoms with van der Waals surface area (Å²) in [6, 6.07) is 7.37. The van der Waals surface area contributed by atoms with Gasteiger partial charge in [-0.1, -0.05) is 23.7 Å². The molecular formula is C19H26ClN9O3. The van der Waals surface area contributed by atoms with Gasteiger partial charge in [0.15, 0.2) is 34.7 Å². The standard InChI is InChI=1S/C19H26ClN9O3/c20-15-17(24)28-16(23)14(27-15)18(31)29-19(25)26-8-2-1-3-10-4-6-11(7-5-10)32-13(22)9-12(21)30/h4-7,13H,1-3,8-9,22H2,(H2,21,30)(H4,23,24,28)(H3,25,26,29,31)/t13-/m1/s1. The van der Waals surface area contributed by atoms with E-state index in [1.807, 2.05) is 12.1 Å². The number of aryl methyl sites for hydroxylation is 1. The lowest BCUT2D eigenvalue weighted by molar-refractivity contribution is -0.119. The van der Waals surface area contributed by atoms with Crippen LogP contribution in [0, 0.1) is 5.41 Å². The molecule has 0 saturated heterocycles. The topological polar surface area (TPSA) is 221 Å². The molecule has 1 atom stereocenters. The van der Waals surface area contributed by atoms with Crippen molar-refractivity contribution in [2.45, 2.75) is 31.9 Å². The molecule has 0 radical (unpaired) electrons. The van der Waals surface area contributed by atoms with Gasteiger partial charge in [-0.05, 0) is 37.0 Å². The molecule has 2 aromatic rings. The van der Waals surface area contributed by atoms with Gasteiger partial charge in [0.1, 0.15) is 5.75 Å². The number of guanidine groups is 1. The third kappa shape index (κ3) is 7.89. The first-order valence-electron chi connectivity index (χ1n) is 9.67. The van der Waals surface area contributed by atoms with E-state index in [4.69, 9.17) is 44.7 Å². The van der Waals surface area contributed by atoms with E-state index >= 15 is 0 Å². The first-order chi connectivity index (χ1) is 15.2. The Bertz CT molecular complexity index is 969. The van der Waals surface area contributed by atoms with Crippen molar-refractivity contribution in [1.29, 1.82) is 5.41 Å². The van der Waals surface area contributed by atoms with Crippen LogP contribution >= 0.6 is 11.6 Å². The number of nitrogens with one attached hydrogen (secondary N) is 3. The molecule has 172 valence electrons. The number of halogens is 1. The van der Waals surface area contributed by atoms with E-state index in [0.29, 0.717) is 12.3 Å².